The van der Waals surface area contributed by atoms with E-state index in [2.05, 4.69) is 16.1 Å². The molecule has 102 valence electrons. The predicted octanol–water partition coefficient (Wildman–Crippen LogP) is 0.401. The third kappa shape index (κ3) is 3.10. The molecule has 1 aliphatic rings. The summed E-state index contributed by atoms with van der Waals surface area (Å²) in [7, 11) is 3.79. The molecule has 0 amide bonds. The van der Waals surface area contributed by atoms with Crippen molar-refractivity contribution < 1.29 is 4.74 Å². The zero-order valence-corrected chi connectivity index (χ0v) is 11.4. The molecule has 1 fully saturated rings. The Morgan fingerprint density at radius 3 is 3.00 bits per heavy atom. The minimum absolute atomic E-state index is 0.381. The monoisotopic (exact) mass is 252 g/mol. The summed E-state index contributed by atoms with van der Waals surface area (Å²) in [5, 5.41) is 4.20. The summed E-state index contributed by atoms with van der Waals surface area (Å²) in [6.07, 6.45) is 5.43. The van der Waals surface area contributed by atoms with Gasteiger partial charge in [0.1, 0.15) is 0 Å². The lowest BCUT2D eigenvalue weighted by Gasteiger charge is -2.38. The highest BCUT2D eigenvalue weighted by Crippen LogP contribution is 2.19. The van der Waals surface area contributed by atoms with E-state index in [0.717, 1.165) is 32.4 Å². The van der Waals surface area contributed by atoms with Crippen LogP contribution in [0.1, 0.15) is 18.5 Å². The van der Waals surface area contributed by atoms with E-state index in [1.165, 1.54) is 5.69 Å². The summed E-state index contributed by atoms with van der Waals surface area (Å²) in [6.45, 7) is 2.85. The lowest BCUT2D eigenvalue weighted by atomic mass is 9.99. The quantitative estimate of drug-likeness (QED) is 0.824. The Morgan fingerprint density at radius 1 is 1.56 bits per heavy atom. The van der Waals surface area contributed by atoms with Gasteiger partial charge in [-0.15, -0.1) is 0 Å². The van der Waals surface area contributed by atoms with E-state index in [1.807, 2.05) is 17.9 Å². The highest BCUT2D eigenvalue weighted by molar-refractivity contribution is 5.01. The summed E-state index contributed by atoms with van der Waals surface area (Å²) < 4.78 is 7.39. The van der Waals surface area contributed by atoms with Crippen molar-refractivity contribution in [1.82, 2.24) is 14.7 Å². The number of hydrogen-bond acceptors (Lipinski definition) is 4. The normalized spacial score (nSPS) is 25.5. The molecule has 18 heavy (non-hydrogen) atoms. The first-order chi connectivity index (χ1) is 8.74. The van der Waals surface area contributed by atoms with Gasteiger partial charge in [0.25, 0.3) is 0 Å². The zero-order chi connectivity index (χ0) is 13.0. The average Bonchev–Trinajstić information content (AvgIpc) is 2.81. The van der Waals surface area contributed by atoms with Crippen LogP contribution >= 0.6 is 0 Å². The molecule has 0 saturated carbocycles. The zero-order valence-electron chi connectivity index (χ0n) is 11.4. The first-order valence-electron chi connectivity index (χ1n) is 6.68. The van der Waals surface area contributed by atoms with Crippen LogP contribution in [0.25, 0.3) is 0 Å². The van der Waals surface area contributed by atoms with Crippen molar-refractivity contribution in [3.8, 4) is 0 Å². The third-order valence-electron chi connectivity index (χ3n) is 3.97. The molecule has 2 unspecified atom stereocenters. The molecule has 5 nitrogen and oxygen atoms in total. The van der Waals surface area contributed by atoms with Crippen LogP contribution in [0.2, 0.25) is 0 Å². The number of likely N-dealkylation sites (tertiary alicyclic amines) is 1. The number of nitrogens with zero attached hydrogens (tertiary/aromatic N) is 3. The number of aromatic nitrogens is 2. The second kappa shape index (κ2) is 6.31. The first kappa shape index (κ1) is 13.5. The van der Waals surface area contributed by atoms with E-state index in [4.69, 9.17) is 10.5 Å². The average molecular weight is 252 g/mol. The standard InChI is InChI=1S/C13H24N4O/c1-16-11(3-6-15-16)4-7-17-8-5-13(18-2)9-12(17)10-14/h3,6,12-13H,4-5,7-10,14H2,1-2H3. The van der Waals surface area contributed by atoms with E-state index in [0.29, 0.717) is 18.7 Å². The smallest absolute Gasteiger partial charge is 0.0599 e. The largest absolute Gasteiger partial charge is 0.381 e. The molecule has 0 radical (unpaired) electrons. The van der Waals surface area contributed by atoms with Gasteiger partial charge >= 0.3 is 0 Å². The Morgan fingerprint density at radius 2 is 2.39 bits per heavy atom. The molecular formula is C13H24N4O. The maximum atomic E-state index is 5.87. The summed E-state index contributed by atoms with van der Waals surface area (Å²) >= 11 is 0. The fourth-order valence-corrected chi connectivity index (χ4v) is 2.72. The Labute approximate surface area is 109 Å². The molecule has 1 aromatic heterocycles. The van der Waals surface area contributed by atoms with Crippen LogP contribution in [0.15, 0.2) is 12.3 Å². The van der Waals surface area contributed by atoms with Crippen molar-refractivity contribution in [2.24, 2.45) is 12.8 Å². The second-order valence-electron chi connectivity index (χ2n) is 5.00. The molecule has 0 spiro atoms. The summed E-state index contributed by atoms with van der Waals surface area (Å²) in [5.41, 5.74) is 7.15. The molecule has 2 rings (SSSR count). The van der Waals surface area contributed by atoms with Crippen LogP contribution in [0, 0.1) is 0 Å². The van der Waals surface area contributed by atoms with Crippen LogP contribution in [-0.2, 0) is 18.2 Å². The molecule has 0 bridgehead atoms. The Balaban J connectivity index is 1.87. The molecular weight excluding hydrogens is 228 g/mol. The van der Waals surface area contributed by atoms with E-state index >= 15 is 0 Å². The number of rotatable bonds is 5. The topological polar surface area (TPSA) is 56.3 Å². The van der Waals surface area contributed by atoms with Crippen molar-refractivity contribution in [1.29, 1.82) is 0 Å². The van der Waals surface area contributed by atoms with E-state index < -0.39 is 0 Å². The van der Waals surface area contributed by atoms with Crippen LogP contribution in [0.3, 0.4) is 0 Å². The van der Waals surface area contributed by atoms with Crippen LogP contribution in [0.4, 0.5) is 0 Å². The third-order valence-corrected chi connectivity index (χ3v) is 3.97. The Kier molecular flexibility index (Phi) is 4.74. The lowest BCUT2D eigenvalue weighted by molar-refractivity contribution is 0.0137. The van der Waals surface area contributed by atoms with Gasteiger partial charge < -0.3 is 10.5 Å². The Bertz CT molecular complexity index is 366. The minimum Gasteiger partial charge on any atom is -0.381 e. The number of aryl methyl sites for hydroxylation is 1. The van der Waals surface area contributed by atoms with Gasteiger partial charge in [0.15, 0.2) is 0 Å². The Hall–Kier alpha value is -0.910. The van der Waals surface area contributed by atoms with Crippen molar-refractivity contribution in [2.45, 2.75) is 31.4 Å². The number of nitrogens with two attached hydrogens (primary N) is 1. The maximum Gasteiger partial charge on any atom is 0.0599 e. The van der Waals surface area contributed by atoms with Crippen LogP contribution in [-0.4, -0.2) is 53.6 Å². The van der Waals surface area contributed by atoms with E-state index in [9.17, 15) is 0 Å². The highest BCUT2D eigenvalue weighted by atomic mass is 16.5. The van der Waals surface area contributed by atoms with Crippen molar-refractivity contribution >= 4 is 0 Å². The highest BCUT2D eigenvalue weighted by Gasteiger charge is 2.27. The van der Waals surface area contributed by atoms with Gasteiger partial charge in [-0.25, -0.2) is 0 Å². The summed E-state index contributed by atoms with van der Waals surface area (Å²) in [6, 6.07) is 2.54. The number of methoxy groups -OCH3 is 1. The molecule has 0 aliphatic carbocycles. The van der Waals surface area contributed by atoms with Gasteiger partial charge in [-0.2, -0.15) is 5.10 Å². The molecule has 1 saturated heterocycles. The number of hydrogen-bond donors (Lipinski definition) is 1. The van der Waals surface area contributed by atoms with Gasteiger partial charge in [-0.1, -0.05) is 0 Å². The molecule has 0 aromatic carbocycles. The van der Waals surface area contributed by atoms with E-state index in [1.54, 1.807) is 7.11 Å². The molecule has 2 N–H and O–H groups in total. The molecule has 2 atom stereocenters. The van der Waals surface area contributed by atoms with Gasteiger partial charge in [0.2, 0.25) is 0 Å². The van der Waals surface area contributed by atoms with Crippen molar-refractivity contribution in [3.05, 3.63) is 18.0 Å². The second-order valence-corrected chi connectivity index (χ2v) is 5.00. The van der Waals surface area contributed by atoms with Crippen LogP contribution < -0.4 is 5.73 Å². The van der Waals surface area contributed by atoms with Gasteiger partial charge in [-0.3, -0.25) is 9.58 Å². The minimum atomic E-state index is 0.381. The van der Waals surface area contributed by atoms with Crippen molar-refractivity contribution in [3.63, 3.8) is 0 Å². The van der Waals surface area contributed by atoms with Crippen molar-refractivity contribution in [2.75, 3.05) is 26.7 Å². The molecule has 5 heteroatoms. The summed E-state index contributed by atoms with van der Waals surface area (Å²) in [5.74, 6) is 0. The van der Waals surface area contributed by atoms with Gasteiger partial charge in [0, 0.05) is 58.1 Å². The fraction of sp³-hybridized carbons (Fsp3) is 0.769. The maximum absolute atomic E-state index is 5.87. The van der Waals surface area contributed by atoms with E-state index in [-0.39, 0.29) is 0 Å². The predicted molar refractivity (Wildman–Crippen MR) is 71.4 cm³/mol. The molecule has 2 heterocycles. The van der Waals surface area contributed by atoms with Gasteiger partial charge in [-0.05, 0) is 18.9 Å². The SMILES string of the molecule is COC1CCN(CCc2ccnn2C)C(CN)C1. The summed E-state index contributed by atoms with van der Waals surface area (Å²) in [4.78, 5) is 2.49. The molecule has 1 aromatic rings. The lowest BCUT2D eigenvalue weighted by Crippen LogP contribution is -2.49. The fourth-order valence-electron chi connectivity index (χ4n) is 2.72. The number of piperidine rings is 1. The molecule has 1 aliphatic heterocycles. The van der Waals surface area contributed by atoms with Crippen LogP contribution in [0.5, 0.6) is 0 Å². The number of ether oxygens (including phenoxy) is 1. The van der Waals surface area contributed by atoms with Gasteiger partial charge in [0.05, 0.1) is 6.10 Å². The first-order valence-corrected chi connectivity index (χ1v) is 6.68.